The summed E-state index contributed by atoms with van der Waals surface area (Å²) in [7, 11) is 0. The first kappa shape index (κ1) is 13.9. The summed E-state index contributed by atoms with van der Waals surface area (Å²) in [5, 5.41) is 12.6. The first-order chi connectivity index (χ1) is 8.54. The lowest BCUT2D eigenvalue weighted by Crippen LogP contribution is -2.34. The second-order valence-electron chi connectivity index (χ2n) is 6.73. The molecule has 0 aliphatic heterocycles. The number of carbonyl (C=O) groups is 1. The zero-order chi connectivity index (χ0) is 13.1. The third-order valence-electron chi connectivity index (χ3n) is 4.61. The van der Waals surface area contributed by atoms with E-state index in [2.05, 4.69) is 19.2 Å². The highest BCUT2D eigenvalue weighted by Crippen LogP contribution is 2.49. The molecule has 4 unspecified atom stereocenters. The van der Waals surface area contributed by atoms with Crippen molar-refractivity contribution >= 4 is 5.91 Å². The third kappa shape index (κ3) is 3.71. The minimum Gasteiger partial charge on any atom is -0.391 e. The van der Waals surface area contributed by atoms with Crippen molar-refractivity contribution in [1.82, 2.24) is 5.32 Å². The fraction of sp³-hybridized carbons (Fsp3) is 0.933. The first-order valence-corrected chi connectivity index (χ1v) is 7.49. The maximum Gasteiger partial charge on any atom is 0.220 e. The molecule has 2 bridgehead atoms. The quantitative estimate of drug-likeness (QED) is 0.763. The lowest BCUT2D eigenvalue weighted by molar-refractivity contribution is -0.122. The van der Waals surface area contributed by atoms with E-state index >= 15 is 0 Å². The molecule has 0 spiro atoms. The smallest absolute Gasteiger partial charge is 0.220 e. The van der Waals surface area contributed by atoms with E-state index in [-0.39, 0.29) is 5.91 Å². The molecule has 2 N–H and O–H groups in total. The number of aliphatic hydroxyl groups is 1. The monoisotopic (exact) mass is 253 g/mol. The maximum absolute atomic E-state index is 11.8. The van der Waals surface area contributed by atoms with Gasteiger partial charge in [-0.05, 0) is 49.4 Å². The molecule has 3 nitrogen and oxygen atoms in total. The van der Waals surface area contributed by atoms with Crippen molar-refractivity contribution in [1.29, 1.82) is 0 Å². The van der Waals surface area contributed by atoms with Gasteiger partial charge in [-0.15, -0.1) is 0 Å². The zero-order valence-electron chi connectivity index (χ0n) is 11.7. The molecule has 2 saturated carbocycles. The van der Waals surface area contributed by atoms with Crippen molar-refractivity contribution in [3.63, 3.8) is 0 Å². The van der Waals surface area contributed by atoms with Crippen molar-refractivity contribution in [2.45, 2.75) is 58.5 Å². The number of nitrogens with one attached hydrogen (secondary N) is 1. The molecule has 18 heavy (non-hydrogen) atoms. The largest absolute Gasteiger partial charge is 0.391 e. The Hall–Kier alpha value is -0.570. The number of hydrogen-bond acceptors (Lipinski definition) is 2. The van der Waals surface area contributed by atoms with Crippen LogP contribution in [0.2, 0.25) is 0 Å². The molecule has 104 valence electrons. The number of amides is 1. The van der Waals surface area contributed by atoms with E-state index in [4.69, 9.17) is 0 Å². The molecule has 1 amide bonds. The van der Waals surface area contributed by atoms with Gasteiger partial charge in [-0.1, -0.05) is 20.3 Å². The van der Waals surface area contributed by atoms with E-state index in [1.54, 1.807) is 0 Å². The van der Waals surface area contributed by atoms with Crippen LogP contribution in [0.25, 0.3) is 0 Å². The molecule has 2 aliphatic carbocycles. The fourth-order valence-corrected chi connectivity index (χ4v) is 3.80. The van der Waals surface area contributed by atoms with Crippen LogP contribution in [0, 0.1) is 23.7 Å². The predicted molar refractivity (Wildman–Crippen MR) is 72.0 cm³/mol. The van der Waals surface area contributed by atoms with Crippen LogP contribution >= 0.6 is 0 Å². The van der Waals surface area contributed by atoms with E-state index in [1.165, 1.54) is 25.7 Å². The summed E-state index contributed by atoms with van der Waals surface area (Å²) in [6.45, 7) is 4.58. The average molecular weight is 253 g/mol. The second kappa shape index (κ2) is 6.05. The van der Waals surface area contributed by atoms with Crippen molar-refractivity contribution in [3.05, 3.63) is 0 Å². The second-order valence-corrected chi connectivity index (χ2v) is 6.73. The van der Waals surface area contributed by atoms with Crippen molar-refractivity contribution in [2.75, 3.05) is 6.54 Å². The molecule has 0 radical (unpaired) electrons. The molecule has 3 heteroatoms. The van der Waals surface area contributed by atoms with Gasteiger partial charge in [-0.2, -0.15) is 0 Å². The Kier molecular flexibility index (Phi) is 4.66. The van der Waals surface area contributed by atoms with Gasteiger partial charge in [0.05, 0.1) is 6.10 Å². The van der Waals surface area contributed by atoms with Crippen LogP contribution in [0.15, 0.2) is 0 Å². The molecular formula is C15H27NO2. The standard InChI is InChI=1S/C15H27NO2/c1-10(2)5-14(17)9-16-15(18)8-13-7-11-3-4-12(13)6-11/h10-14,17H,3-9H2,1-2H3,(H,16,18). The van der Waals surface area contributed by atoms with E-state index in [1.807, 2.05) is 0 Å². The SMILES string of the molecule is CC(C)CC(O)CNC(=O)CC1CC2CCC1C2. The maximum atomic E-state index is 11.8. The number of rotatable bonds is 6. The summed E-state index contributed by atoms with van der Waals surface area (Å²) in [4.78, 5) is 11.8. The van der Waals surface area contributed by atoms with Gasteiger partial charge >= 0.3 is 0 Å². The molecule has 0 saturated heterocycles. The Morgan fingerprint density at radius 1 is 1.33 bits per heavy atom. The average Bonchev–Trinajstić information content (AvgIpc) is 2.87. The number of fused-ring (bicyclic) bond motifs is 2. The number of hydrogen-bond donors (Lipinski definition) is 2. The number of aliphatic hydroxyl groups excluding tert-OH is 1. The fourth-order valence-electron chi connectivity index (χ4n) is 3.80. The Morgan fingerprint density at radius 2 is 2.11 bits per heavy atom. The zero-order valence-corrected chi connectivity index (χ0v) is 11.7. The Morgan fingerprint density at radius 3 is 2.67 bits per heavy atom. The van der Waals surface area contributed by atoms with E-state index in [0.717, 1.165) is 18.3 Å². The Bertz CT molecular complexity index is 290. The summed E-state index contributed by atoms with van der Waals surface area (Å²) in [6, 6.07) is 0. The van der Waals surface area contributed by atoms with Gasteiger partial charge in [-0.25, -0.2) is 0 Å². The molecule has 4 atom stereocenters. The molecular weight excluding hydrogens is 226 g/mol. The highest BCUT2D eigenvalue weighted by molar-refractivity contribution is 5.76. The van der Waals surface area contributed by atoms with E-state index in [0.29, 0.717) is 24.8 Å². The lowest BCUT2D eigenvalue weighted by Gasteiger charge is -2.21. The van der Waals surface area contributed by atoms with Crippen molar-refractivity contribution in [2.24, 2.45) is 23.7 Å². The highest BCUT2D eigenvalue weighted by atomic mass is 16.3. The molecule has 2 rings (SSSR count). The normalized spacial score (nSPS) is 31.9. The molecule has 0 heterocycles. The molecule has 2 fully saturated rings. The number of carbonyl (C=O) groups excluding carboxylic acids is 1. The van der Waals surface area contributed by atoms with Gasteiger partial charge in [0, 0.05) is 13.0 Å². The van der Waals surface area contributed by atoms with Crippen molar-refractivity contribution < 1.29 is 9.90 Å². The summed E-state index contributed by atoms with van der Waals surface area (Å²) < 4.78 is 0. The van der Waals surface area contributed by atoms with Crippen LogP contribution in [-0.4, -0.2) is 23.7 Å². The summed E-state index contributed by atoms with van der Waals surface area (Å²) in [5.74, 6) is 2.93. The third-order valence-corrected chi connectivity index (χ3v) is 4.61. The van der Waals surface area contributed by atoms with Gasteiger partial charge in [0.15, 0.2) is 0 Å². The summed E-state index contributed by atoms with van der Waals surface area (Å²) >= 11 is 0. The highest BCUT2D eigenvalue weighted by Gasteiger charge is 2.40. The Labute approximate surface area is 110 Å². The molecule has 0 aromatic rings. The minimum atomic E-state index is -0.394. The van der Waals surface area contributed by atoms with Crippen LogP contribution in [-0.2, 0) is 4.79 Å². The minimum absolute atomic E-state index is 0.135. The summed E-state index contributed by atoms with van der Waals surface area (Å²) in [6.07, 6.45) is 6.37. The molecule has 2 aliphatic rings. The first-order valence-electron chi connectivity index (χ1n) is 7.49. The van der Waals surface area contributed by atoms with Crippen LogP contribution < -0.4 is 5.32 Å². The van der Waals surface area contributed by atoms with Gasteiger partial charge < -0.3 is 10.4 Å². The van der Waals surface area contributed by atoms with Gasteiger partial charge in [-0.3, -0.25) is 4.79 Å². The topological polar surface area (TPSA) is 49.3 Å². The van der Waals surface area contributed by atoms with Gasteiger partial charge in [0.1, 0.15) is 0 Å². The lowest BCUT2D eigenvalue weighted by atomic mass is 9.86. The van der Waals surface area contributed by atoms with Crippen molar-refractivity contribution in [3.8, 4) is 0 Å². The predicted octanol–water partition coefficient (Wildman–Crippen LogP) is 2.34. The van der Waals surface area contributed by atoms with E-state index in [9.17, 15) is 9.90 Å². The van der Waals surface area contributed by atoms with Crippen LogP contribution in [0.1, 0.15) is 52.4 Å². The van der Waals surface area contributed by atoms with Crippen LogP contribution in [0.3, 0.4) is 0 Å². The summed E-state index contributed by atoms with van der Waals surface area (Å²) in [5.41, 5.74) is 0. The van der Waals surface area contributed by atoms with Gasteiger partial charge in [0.25, 0.3) is 0 Å². The van der Waals surface area contributed by atoms with Crippen LogP contribution in [0.4, 0.5) is 0 Å². The molecule has 0 aromatic heterocycles. The van der Waals surface area contributed by atoms with E-state index < -0.39 is 6.10 Å². The Balaban J connectivity index is 1.63. The molecule has 0 aromatic carbocycles. The van der Waals surface area contributed by atoms with Gasteiger partial charge in [0.2, 0.25) is 5.91 Å². The van der Waals surface area contributed by atoms with Crippen LogP contribution in [0.5, 0.6) is 0 Å².